The van der Waals surface area contributed by atoms with E-state index in [1.807, 2.05) is 13.8 Å². The maximum absolute atomic E-state index is 11.7. The lowest BCUT2D eigenvalue weighted by atomic mass is 10.1. The molecule has 4 N–H and O–H groups in total. The van der Waals surface area contributed by atoms with Crippen LogP contribution in [-0.4, -0.2) is 34.8 Å². The van der Waals surface area contributed by atoms with E-state index in [2.05, 4.69) is 10.6 Å². The Hall–Kier alpha value is -2.24. The summed E-state index contributed by atoms with van der Waals surface area (Å²) in [5.41, 5.74) is 0.724. The molecule has 0 saturated heterocycles. The lowest BCUT2D eigenvalue weighted by Gasteiger charge is -2.16. The van der Waals surface area contributed by atoms with E-state index < -0.39 is 18.0 Å². The van der Waals surface area contributed by atoms with Crippen molar-refractivity contribution in [2.24, 2.45) is 5.92 Å². The van der Waals surface area contributed by atoms with Crippen molar-refractivity contribution < 1.29 is 19.8 Å². The van der Waals surface area contributed by atoms with Crippen LogP contribution in [0, 0.1) is 5.92 Å². The summed E-state index contributed by atoms with van der Waals surface area (Å²) in [5.74, 6) is -0.636. The summed E-state index contributed by atoms with van der Waals surface area (Å²) in [6, 6.07) is 4.73. The number of rotatable bonds is 7. The fraction of sp³-hybridized carbons (Fsp3) is 0.467. The van der Waals surface area contributed by atoms with Crippen molar-refractivity contribution in [1.29, 1.82) is 0 Å². The molecule has 0 aliphatic rings. The van der Waals surface area contributed by atoms with E-state index in [1.165, 1.54) is 12.1 Å². The van der Waals surface area contributed by atoms with E-state index in [9.17, 15) is 14.7 Å². The molecule has 0 heterocycles. The molecule has 2 atom stereocenters. The van der Waals surface area contributed by atoms with Crippen LogP contribution in [-0.2, 0) is 11.2 Å². The average molecular weight is 294 g/mol. The van der Waals surface area contributed by atoms with Gasteiger partial charge in [0.25, 0.3) is 0 Å². The third kappa shape index (κ3) is 6.16. The van der Waals surface area contributed by atoms with Crippen LogP contribution in [0.3, 0.4) is 0 Å². The quantitative estimate of drug-likeness (QED) is 0.615. The number of urea groups is 1. The molecule has 0 aromatic heterocycles. The first-order valence-electron chi connectivity index (χ1n) is 6.97. The molecule has 6 nitrogen and oxygen atoms in total. The number of aliphatic carboxylic acids is 1. The van der Waals surface area contributed by atoms with Gasteiger partial charge in [-0.25, -0.2) is 9.59 Å². The van der Waals surface area contributed by atoms with Gasteiger partial charge in [-0.15, -0.1) is 0 Å². The summed E-state index contributed by atoms with van der Waals surface area (Å²) in [6.07, 6.45) is 1.10. The Bertz CT molecular complexity index is 473. The molecule has 1 unspecified atom stereocenters. The minimum absolute atomic E-state index is 0.116. The van der Waals surface area contributed by atoms with Crippen LogP contribution in [0.2, 0.25) is 0 Å². The van der Waals surface area contributed by atoms with Crippen LogP contribution in [0.1, 0.15) is 25.8 Å². The molecule has 1 rings (SSSR count). The fourth-order valence-electron chi connectivity index (χ4n) is 1.69. The zero-order valence-electron chi connectivity index (χ0n) is 12.3. The van der Waals surface area contributed by atoms with Gasteiger partial charge >= 0.3 is 12.0 Å². The highest BCUT2D eigenvalue weighted by atomic mass is 16.4. The summed E-state index contributed by atoms with van der Waals surface area (Å²) in [7, 11) is 0. The minimum atomic E-state index is -1.10. The number of benzene rings is 1. The predicted octanol–water partition coefficient (Wildman–Crippen LogP) is 1.73. The van der Waals surface area contributed by atoms with E-state index >= 15 is 0 Å². The number of carboxylic acids is 1. The number of aromatic hydroxyl groups is 1. The molecule has 21 heavy (non-hydrogen) atoms. The standard InChI is InChI=1S/C15H22N2O4/c1-3-10(2)9-16-15(21)17-13(14(19)20)8-11-4-6-12(18)7-5-11/h4-7,10,13,18H,3,8-9H2,1-2H3,(H,19,20)(H2,16,17,21)/t10?,13-/m1/s1. The van der Waals surface area contributed by atoms with Crippen LogP contribution in [0.15, 0.2) is 24.3 Å². The summed E-state index contributed by atoms with van der Waals surface area (Å²) in [6.45, 7) is 4.54. The second-order valence-corrected chi connectivity index (χ2v) is 5.13. The molecule has 0 radical (unpaired) electrons. The van der Waals surface area contributed by atoms with E-state index in [4.69, 9.17) is 5.11 Å². The maximum Gasteiger partial charge on any atom is 0.326 e. The predicted molar refractivity (Wildman–Crippen MR) is 79.2 cm³/mol. The van der Waals surface area contributed by atoms with Gasteiger partial charge in [0.15, 0.2) is 0 Å². The molecule has 0 spiro atoms. The molecule has 0 fully saturated rings. The largest absolute Gasteiger partial charge is 0.508 e. The molecule has 1 aromatic rings. The van der Waals surface area contributed by atoms with Crippen molar-refractivity contribution in [1.82, 2.24) is 10.6 Å². The van der Waals surface area contributed by atoms with Crippen LogP contribution in [0.25, 0.3) is 0 Å². The monoisotopic (exact) mass is 294 g/mol. The molecule has 0 saturated carbocycles. The SMILES string of the molecule is CCC(C)CNC(=O)N[C@H](Cc1ccc(O)cc1)C(=O)O. The molecular weight excluding hydrogens is 272 g/mol. The lowest BCUT2D eigenvalue weighted by Crippen LogP contribution is -2.47. The number of hydrogen-bond acceptors (Lipinski definition) is 3. The molecule has 116 valence electrons. The Morgan fingerprint density at radius 3 is 2.38 bits per heavy atom. The third-order valence-corrected chi connectivity index (χ3v) is 3.29. The van der Waals surface area contributed by atoms with Gasteiger partial charge in [-0.05, 0) is 23.6 Å². The summed E-state index contributed by atoms with van der Waals surface area (Å²) >= 11 is 0. The van der Waals surface area contributed by atoms with Gasteiger partial charge in [-0.3, -0.25) is 0 Å². The van der Waals surface area contributed by atoms with Gasteiger partial charge in [-0.1, -0.05) is 32.4 Å². The maximum atomic E-state index is 11.7. The van der Waals surface area contributed by atoms with Gasteiger partial charge in [0, 0.05) is 13.0 Å². The summed E-state index contributed by atoms with van der Waals surface area (Å²) in [5, 5.41) is 23.5. The first-order valence-corrected chi connectivity index (χ1v) is 6.97. The van der Waals surface area contributed by atoms with Gasteiger partial charge in [0.05, 0.1) is 0 Å². The van der Waals surface area contributed by atoms with Gasteiger partial charge in [-0.2, -0.15) is 0 Å². The molecule has 0 aliphatic heterocycles. The Kier molecular flexibility index (Phi) is 6.52. The number of phenolic OH excluding ortho intramolecular Hbond substituents is 1. The molecule has 6 heteroatoms. The van der Waals surface area contributed by atoms with Gasteiger partial charge in [0.1, 0.15) is 11.8 Å². The number of nitrogens with one attached hydrogen (secondary N) is 2. The highest BCUT2D eigenvalue weighted by molar-refractivity contribution is 5.82. The highest BCUT2D eigenvalue weighted by Gasteiger charge is 2.20. The Morgan fingerprint density at radius 1 is 1.24 bits per heavy atom. The summed E-state index contributed by atoms with van der Waals surface area (Å²) in [4.78, 5) is 22.9. The zero-order chi connectivity index (χ0) is 15.8. The van der Waals surface area contributed by atoms with E-state index in [-0.39, 0.29) is 12.2 Å². The van der Waals surface area contributed by atoms with Crippen molar-refractivity contribution in [2.75, 3.05) is 6.54 Å². The van der Waals surface area contributed by atoms with Crippen molar-refractivity contribution in [2.45, 2.75) is 32.7 Å². The number of carbonyl (C=O) groups is 2. The van der Waals surface area contributed by atoms with Crippen LogP contribution < -0.4 is 10.6 Å². The van der Waals surface area contributed by atoms with Crippen LogP contribution in [0.4, 0.5) is 4.79 Å². The molecule has 0 aliphatic carbocycles. The van der Waals surface area contributed by atoms with E-state index in [0.717, 1.165) is 12.0 Å². The Labute approximate surface area is 124 Å². The average Bonchev–Trinajstić information content (AvgIpc) is 2.46. The Balaban J connectivity index is 2.55. The smallest absolute Gasteiger partial charge is 0.326 e. The van der Waals surface area contributed by atoms with Crippen LogP contribution in [0.5, 0.6) is 5.75 Å². The highest BCUT2D eigenvalue weighted by Crippen LogP contribution is 2.11. The topological polar surface area (TPSA) is 98.7 Å². The molecule has 2 amide bonds. The van der Waals surface area contributed by atoms with Gasteiger partial charge < -0.3 is 20.8 Å². The number of carboxylic acid groups (broad SMARTS) is 1. The molecular formula is C15H22N2O4. The number of carbonyl (C=O) groups excluding carboxylic acids is 1. The second kappa shape index (κ2) is 8.14. The minimum Gasteiger partial charge on any atom is -0.508 e. The first-order chi connectivity index (χ1) is 9.92. The van der Waals surface area contributed by atoms with Gasteiger partial charge in [0.2, 0.25) is 0 Å². The van der Waals surface area contributed by atoms with E-state index in [1.54, 1.807) is 12.1 Å². The van der Waals surface area contributed by atoms with Crippen molar-refractivity contribution in [3.63, 3.8) is 0 Å². The second-order valence-electron chi connectivity index (χ2n) is 5.13. The van der Waals surface area contributed by atoms with Crippen molar-refractivity contribution in [3.05, 3.63) is 29.8 Å². The first kappa shape index (κ1) is 16.8. The fourth-order valence-corrected chi connectivity index (χ4v) is 1.69. The Morgan fingerprint density at radius 2 is 1.86 bits per heavy atom. The third-order valence-electron chi connectivity index (χ3n) is 3.29. The summed E-state index contributed by atoms with van der Waals surface area (Å²) < 4.78 is 0. The molecule has 0 bridgehead atoms. The van der Waals surface area contributed by atoms with E-state index in [0.29, 0.717) is 12.5 Å². The van der Waals surface area contributed by atoms with Crippen LogP contribution >= 0.6 is 0 Å². The number of amides is 2. The van der Waals surface area contributed by atoms with Crippen molar-refractivity contribution in [3.8, 4) is 5.75 Å². The normalized spacial score (nSPS) is 13.2. The number of phenols is 1. The van der Waals surface area contributed by atoms with Crippen molar-refractivity contribution >= 4 is 12.0 Å². The molecule has 1 aromatic carbocycles. The zero-order valence-corrected chi connectivity index (χ0v) is 12.3. The lowest BCUT2D eigenvalue weighted by molar-refractivity contribution is -0.139. The number of hydrogen-bond donors (Lipinski definition) is 4.